The Hall–Kier alpha value is -0.340. The molecule has 15 heavy (non-hydrogen) atoms. The lowest BCUT2D eigenvalue weighted by Gasteiger charge is -2.22. The van der Waals surface area contributed by atoms with Crippen LogP contribution in [0.5, 0.6) is 0 Å². The van der Waals surface area contributed by atoms with Crippen LogP contribution < -0.4 is 0 Å². The Labute approximate surface area is 92.2 Å². The molecule has 0 saturated heterocycles. The zero-order valence-corrected chi connectivity index (χ0v) is 11.1. The van der Waals surface area contributed by atoms with Crippen LogP contribution in [0.4, 0.5) is 0 Å². The molecule has 0 aliphatic rings. The van der Waals surface area contributed by atoms with Crippen LogP contribution >= 0.6 is 8.03 Å². The molecule has 0 heterocycles. The largest absolute Gasteiger partial charge is 0.459 e. The summed E-state index contributed by atoms with van der Waals surface area (Å²) in [6.07, 6.45) is 0.479. The van der Waals surface area contributed by atoms with Crippen LogP contribution in [-0.4, -0.2) is 23.8 Å². The fraction of sp³-hybridized carbons (Fsp3) is 0.900. The molecule has 0 aromatic heterocycles. The number of carbonyl (C=O) groups is 1. The summed E-state index contributed by atoms with van der Waals surface area (Å²) in [7, 11) is -2.33. The molecule has 90 valence electrons. The second-order valence-electron chi connectivity index (χ2n) is 4.25. The Morgan fingerprint density at radius 3 is 2.20 bits per heavy atom. The standard InChI is InChI=1S/C10H21O4P/c1-6-8(15(12)13-7-2)9(11)14-10(3,4)5/h8,15H,6-7H2,1-5H3. The Balaban J connectivity index is 4.41. The molecule has 0 spiro atoms. The Bertz CT molecular complexity index is 232. The average Bonchev–Trinajstić information content (AvgIpc) is 2.02. The molecule has 0 saturated carbocycles. The van der Waals surface area contributed by atoms with Gasteiger partial charge in [0.15, 0.2) is 0 Å². The minimum absolute atomic E-state index is 0.358. The van der Waals surface area contributed by atoms with Crippen LogP contribution in [0, 0.1) is 0 Å². The van der Waals surface area contributed by atoms with Crippen molar-refractivity contribution in [2.24, 2.45) is 0 Å². The smallest absolute Gasteiger partial charge is 0.319 e. The zero-order chi connectivity index (χ0) is 12.1. The molecular weight excluding hydrogens is 215 g/mol. The summed E-state index contributed by atoms with van der Waals surface area (Å²) in [5.41, 5.74) is -1.16. The fourth-order valence-electron chi connectivity index (χ4n) is 1.05. The van der Waals surface area contributed by atoms with Crippen molar-refractivity contribution in [2.75, 3.05) is 6.61 Å². The van der Waals surface area contributed by atoms with Crippen LogP contribution in [0.2, 0.25) is 0 Å². The quantitative estimate of drug-likeness (QED) is 0.544. The van der Waals surface area contributed by atoms with Crippen LogP contribution in [-0.2, 0) is 18.6 Å². The van der Waals surface area contributed by atoms with E-state index < -0.39 is 25.3 Å². The van der Waals surface area contributed by atoms with E-state index in [-0.39, 0.29) is 0 Å². The van der Waals surface area contributed by atoms with Gasteiger partial charge in [-0.3, -0.25) is 9.36 Å². The minimum atomic E-state index is -2.33. The molecule has 2 atom stereocenters. The minimum Gasteiger partial charge on any atom is -0.459 e. The van der Waals surface area contributed by atoms with Gasteiger partial charge in [0, 0.05) is 0 Å². The lowest BCUT2D eigenvalue weighted by atomic mass is 10.2. The van der Waals surface area contributed by atoms with E-state index in [1.807, 2.05) is 0 Å². The molecule has 0 amide bonds. The van der Waals surface area contributed by atoms with Gasteiger partial charge in [-0.1, -0.05) is 6.92 Å². The van der Waals surface area contributed by atoms with Gasteiger partial charge in [-0.2, -0.15) is 0 Å². The van der Waals surface area contributed by atoms with Gasteiger partial charge in [0.05, 0.1) is 6.61 Å². The van der Waals surface area contributed by atoms with Crippen LogP contribution in [0.15, 0.2) is 0 Å². The van der Waals surface area contributed by atoms with Crippen molar-refractivity contribution >= 4 is 14.0 Å². The third kappa shape index (κ3) is 5.95. The highest BCUT2D eigenvalue weighted by molar-refractivity contribution is 7.41. The summed E-state index contributed by atoms with van der Waals surface area (Å²) < 4.78 is 21.7. The van der Waals surface area contributed by atoms with Gasteiger partial charge in [-0.05, 0) is 34.1 Å². The molecule has 0 aromatic rings. The Kier molecular flexibility index (Phi) is 6.15. The van der Waals surface area contributed by atoms with Gasteiger partial charge in [0.1, 0.15) is 11.3 Å². The number of esters is 1. The van der Waals surface area contributed by atoms with Crippen molar-refractivity contribution in [3.63, 3.8) is 0 Å². The molecule has 0 rings (SSSR count). The van der Waals surface area contributed by atoms with E-state index in [1.165, 1.54) is 0 Å². The lowest BCUT2D eigenvalue weighted by Crippen LogP contribution is -2.30. The van der Waals surface area contributed by atoms with Crippen LogP contribution in [0.1, 0.15) is 41.0 Å². The van der Waals surface area contributed by atoms with Gasteiger partial charge >= 0.3 is 5.97 Å². The highest BCUT2D eigenvalue weighted by atomic mass is 31.1. The van der Waals surface area contributed by atoms with E-state index in [0.717, 1.165) is 0 Å². The average molecular weight is 236 g/mol. The summed E-state index contributed by atoms with van der Waals surface area (Å²) in [5, 5.41) is 0. The van der Waals surface area contributed by atoms with Crippen molar-refractivity contribution < 1.29 is 18.6 Å². The first-order chi connectivity index (χ1) is 6.81. The fourth-order valence-corrected chi connectivity index (χ4v) is 2.12. The van der Waals surface area contributed by atoms with Gasteiger partial charge in [-0.15, -0.1) is 0 Å². The number of ether oxygens (including phenoxy) is 1. The molecule has 0 radical (unpaired) electrons. The highest BCUT2D eigenvalue weighted by Crippen LogP contribution is 2.33. The molecule has 5 heteroatoms. The molecule has 0 aliphatic heterocycles. The van der Waals surface area contributed by atoms with E-state index >= 15 is 0 Å². The molecule has 0 bridgehead atoms. The van der Waals surface area contributed by atoms with Crippen molar-refractivity contribution in [2.45, 2.75) is 52.3 Å². The number of carbonyl (C=O) groups excluding carboxylic acids is 1. The van der Waals surface area contributed by atoms with Crippen molar-refractivity contribution in [3.8, 4) is 0 Å². The van der Waals surface area contributed by atoms with E-state index in [4.69, 9.17) is 9.26 Å². The van der Waals surface area contributed by atoms with Gasteiger partial charge in [0.25, 0.3) is 0 Å². The molecule has 0 N–H and O–H groups in total. The van der Waals surface area contributed by atoms with E-state index in [1.54, 1.807) is 34.6 Å². The first-order valence-corrected chi connectivity index (χ1v) is 6.60. The number of hydrogen-bond donors (Lipinski definition) is 0. The third-order valence-corrected chi connectivity index (χ3v) is 3.46. The first-order valence-electron chi connectivity index (χ1n) is 5.21. The predicted molar refractivity (Wildman–Crippen MR) is 60.6 cm³/mol. The van der Waals surface area contributed by atoms with Crippen LogP contribution in [0.25, 0.3) is 0 Å². The summed E-state index contributed by atoms with van der Waals surface area (Å²) in [6.45, 7) is 9.28. The first kappa shape index (κ1) is 14.7. The van der Waals surface area contributed by atoms with E-state index in [9.17, 15) is 9.36 Å². The number of rotatable bonds is 5. The Morgan fingerprint density at radius 1 is 1.33 bits per heavy atom. The molecule has 0 aliphatic carbocycles. The van der Waals surface area contributed by atoms with E-state index in [0.29, 0.717) is 13.0 Å². The summed E-state index contributed by atoms with van der Waals surface area (Å²) in [6, 6.07) is 0. The molecule has 4 nitrogen and oxygen atoms in total. The van der Waals surface area contributed by atoms with Crippen LogP contribution in [0.3, 0.4) is 0 Å². The lowest BCUT2D eigenvalue weighted by molar-refractivity contribution is -0.154. The topological polar surface area (TPSA) is 52.6 Å². The van der Waals surface area contributed by atoms with Crippen molar-refractivity contribution in [1.82, 2.24) is 0 Å². The predicted octanol–water partition coefficient (Wildman–Crippen LogP) is 2.62. The maximum atomic E-state index is 11.6. The van der Waals surface area contributed by atoms with Crippen molar-refractivity contribution in [1.29, 1.82) is 0 Å². The maximum Gasteiger partial charge on any atom is 0.319 e. The summed E-state index contributed by atoms with van der Waals surface area (Å²) >= 11 is 0. The zero-order valence-electron chi connectivity index (χ0n) is 10.1. The second kappa shape index (κ2) is 6.29. The van der Waals surface area contributed by atoms with Gasteiger partial charge < -0.3 is 9.26 Å². The van der Waals surface area contributed by atoms with Crippen molar-refractivity contribution in [3.05, 3.63) is 0 Å². The Morgan fingerprint density at radius 2 is 1.87 bits per heavy atom. The summed E-state index contributed by atoms with van der Waals surface area (Å²) in [4.78, 5) is 11.6. The maximum absolute atomic E-state index is 11.6. The molecule has 0 aromatic carbocycles. The molecule has 2 unspecified atom stereocenters. The molecule has 0 fully saturated rings. The van der Waals surface area contributed by atoms with Gasteiger partial charge in [-0.25, -0.2) is 0 Å². The van der Waals surface area contributed by atoms with Gasteiger partial charge in [0.2, 0.25) is 8.03 Å². The highest BCUT2D eigenvalue weighted by Gasteiger charge is 2.28. The third-order valence-electron chi connectivity index (χ3n) is 1.67. The summed E-state index contributed by atoms with van der Waals surface area (Å²) in [5.74, 6) is -0.428. The second-order valence-corrected chi connectivity index (χ2v) is 5.87. The monoisotopic (exact) mass is 236 g/mol. The van der Waals surface area contributed by atoms with E-state index in [2.05, 4.69) is 0 Å². The molecular formula is C10H21O4P. The normalized spacial score (nSPS) is 15.8. The number of hydrogen-bond acceptors (Lipinski definition) is 4. The SMILES string of the molecule is CCO[PH](=O)C(CC)C(=O)OC(C)(C)C.